The van der Waals surface area contributed by atoms with Crippen molar-refractivity contribution in [3.8, 4) is 0 Å². The lowest BCUT2D eigenvalue weighted by molar-refractivity contribution is -0.122. The summed E-state index contributed by atoms with van der Waals surface area (Å²) in [7, 11) is 0. The minimum atomic E-state index is -0.0555. The number of halogens is 1. The lowest BCUT2D eigenvalue weighted by Gasteiger charge is -2.14. The van der Waals surface area contributed by atoms with Crippen LogP contribution in [0.25, 0.3) is 6.08 Å². The fraction of sp³-hybridized carbons (Fsp3) is 0.231. The first-order valence-corrected chi connectivity index (χ1v) is 13.7. The maximum Gasteiger partial charge on any atom is 0.266 e. The standard InChI is InChI=1S/C26H24ClN3O2S3/c27-21-12-7-6-11-19(21)16-20-17-28-25(34-20)29-23(31)13-5-2-8-14-30-24(32)22(35-26(30)33)15-18-9-3-1-4-10-18/h1,3-4,6-7,9-12,15,17H,2,5,8,13-14,16H2,(H,28,29,31). The van der Waals surface area contributed by atoms with Crippen LogP contribution in [-0.2, 0) is 16.0 Å². The van der Waals surface area contributed by atoms with Crippen molar-refractivity contribution in [3.05, 3.63) is 86.7 Å². The molecule has 0 saturated carbocycles. The number of thiocarbonyl (C=S) groups is 1. The van der Waals surface area contributed by atoms with Crippen LogP contribution in [0.2, 0.25) is 5.02 Å². The van der Waals surface area contributed by atoms with Crippen LogP contribution in [0.5, 0.6) is 0 Å². The van der Waals surface area contributed by atoms with Crippen molar-refractivity contribution in [2.75, 3.05) is 11.9 Å². The minimum absolute atomic E-state index is 0.0436. The van der Waals surface area contributed by atoms with Gasteiger partial charge < -0.3 is 5.32 Å². The van der Waals surface area contributed by atoms with Gasteiger partial charge >= 0.3 is 0 Å². The molecule has 35 heavy (non-hydrogen) atoms. The lowest BCUT2D eigenvalue weighted by Crippen LogP contribution is -2.29. The molecule has 5 nitrogen and oxygen atoms in total. The van der Waals surface area contributed by atoms with Gasteiger partial charge in [-0.2, -0.15) is 0 Å². The van der Waals surface area contributed by atoms with E-state index >= 15 is 0 Å². The summed E-state index contributed by atoms with van der Waals surface area (Å²) in [5, 5.41) is 4.20. The first-order valence-electron chi connectivity index (χ1n) is 11.3. The highest BCUT2D eigenvalue weighted by Gasteiger charge is 2.31. The van der Waals surface area contributed by atoms with Crippen LogP contribution >= 0.6 is 46.9 Å². The zero-order chi connectivity index (χ0) is 24.6. The summed E-state index contributed by atoms with van der Waals surface area (Å²) in [6.45, 7) is 0.566. The number of hydrogen-bond donors (Lipinski definition) is 1. The number of unbranched alkanes of at least 4 members (excludes halogenated alkanes) is 2. The van der Waals surface area contributed by atoms with E-state index in [4.69, 9.17) is 23.8 Å². The van der Waals surface area contributed by atoms with Gasteiger partial charge in [-0.05, 0) is 36.1 Å². The molecule has 0 bridgehead atoms. The van der Waals surface area contributed by atoms with E-state index in [2.05, 4.69) is 10.3 Å². The monoisotopic (exact) mass is 541 g/mol. The molecule has 1 N–H and O–H groups in total. The molecule has 2 amide bonds. The predicted molar refractivity (Wildman–Crippen MR) is 150 cm³/mol. The van der Waals surface area contributed by atoms with Crippen molar-refractivity contribution in [1.29, 1.82) is 0 Å². The van der Waals surface area contributed by atoms with Crippen LogP contribution in [-0.4, -0.2) is 32.6 Å². The number of thiazole rings is 1. The van der Waals surface area contributed by atoms with Gasteiger partial charge in [0.15, 0.2) is 5.13 Å². The van der Waals surface area contributed by atoms with Crippen LogP contribution in [0.15, 0.2) is 65.7 Å². The van der Waals surface area contributed by atoms with Gasteiger partial charge in [-0.15, -0.1) is 11.3 Å². The van der Waals surface area contributed by atoms with Crippen molar-refractivity contribution in [1.82, 2.24) is 9.88 Å². The molecule has 0 aliphatic carbocycles. The summed E-state index contributed by atoms with van der Waals surface area (Å²) in [4.78, 5) is 32.7. The average molecular weight is 542 g/mol. The summed E-state index contributed by atoms with van der Waals surface area (Å²) >= 11 is 14.4. The molecular formula is C26H24ClN3O2S3. The second kappa shape index (κ2) is 12.4. The van der Waals surface area contributed by atoms with E-state index in [1.54, 1.807) is 11.1 Å². The predicted octanol–water partition coefficient (Wildman–Crippen LogP) is 6.79. The van der Waals surface area contributed by atoms with E-state index in [9.17, 15) is 9.59 Å². The largest absolute Gasteiger partial charge is 0.302 e. The Balaban J connectivity index is 1.17. The molecule has 0 spiro atoms. The number of anilines is 1. The molecule has 1 fully saturated rings. The summed E-state index contributed by atoms with van der Waals surface area (Å²) in [5.41, 5.74) is 2.02. The van der Waals surface area contributed by atoms with Crippen molar-refractivity contribution in [2.45, 2.75) is 32.1 Å². The first kappa shape index (κ1) is 25.6. The van der Waals surface area contributed by atoms with Crippen molar-refractivity contribution >= 4 is 74.3 Å². The Hall–Kier alpha value is -2.52. The van der Waals surface area contributed by atoms with Crippen LogP contribution in [0, 0.1) is 0 Å². The molecule has 1 saturated heterocycles. The number of hydrogen-bond acceptors (Lipinski definition) is 6. The quantitative estimate of drug-likeness (QED) is 0.174. The molecule has 1 aliphatic rings. The maximum absolute atomic E-state index is 12.7. The molecule has 4 rings (SSSR count). The second-order valence-corrected chi connectivity index (χ2v) is 11.2. The third-order valence-electron chi connectivity index (χ3n) is 5.38. The summed E-state index contributed by atoms with van der Waals surface area (Å²) in [6, 6.07) is 17.5. The third kappa shape index (κ3) is 7.24. The number of carbonyl (C=O) groups excluding carboxylic acids is 2. The zero-order valence-corrected chi connectivity index (χ0v) is 22.1. The maximum atomic E-state index is 12.7. The molecule has 2 aromatic carbocycles. The van der Waals surface area contributed by atoms with Crippen molar-refractivity contribution in [2.24, 2.45) is 0 Å². The number of nitrogens with one attached hydrogen (secondary N) is 1. The Labute approximate surface area is 223 Å². The topological polar surface area (TPSA) is 62.3 Å². The highest BCUT2D eigenvalue weighted by molar-refractivity contribution is 8.26. The highest BCUT2D eigenvalue weighted by atomic mass is 35.5. The zero-order valence-electron chi connectivity index (χ0n) is 18.9. The molecule has 0 atom stereocenters. The summed E-state index contributed by atoms with van der Waals surface area (Å²) in [5.74, 6) is -0.0991. The number of benzene rings is 2. The molecule has 0 radical (unpaired) electrons. The molecule has 9 heteroatoms. The Kier molecular flexibility index (Phi) is 9.09. The van der Waals surface area contributed by atoms with Gasteiger partial charge in [0, 0.05) is 35.5 Å². The number of thioether (sulfide) groups is 1. The third-order valence-corrected chi connectivity index (χ3v) is 8.04. The molecular weight excluding hydrogens is 518 g/mol. The fourth-order valence-corrected chi connectivity index (χ4v) is 5.95. The van der Waals surface area contributed by atoms with E-state index in [0.29, 0.717) is 33.7 Å². The molecule has 0 unspecified atom stereocenters. The van der Waals surface area contributed by atoms with E-state index in [1.807, 2.05) is 60.7 Å². The summed E-state index contributed by atoms with van der Waals surface area (Å²) < 4.78 is 0.589. The second-order valence-electron chi connectivity index (χ2n) is 8.00. The van der Waals surface area contributed by atoms with E-state index in [0.717, 1.165) is 40.3 Å². The van der Waals surface area contributed by atoms with Gasteiger partial charge in [0.25, 0.3) is 5.91 Å². The first-order chi connectivity index (χ1) is 17.0. The van der Waals surface area contributed by atoms with Gasteiger partial charge in [0.2, 0.25) is 5.91 Å². The number of rotatable bonds is 10. The van der Waals surface area contributed by atoms with Gasteiger partial charge in [-0.25, -0.2) is 4.98 Å². The number of carbonyl (C=O) groups is 2. The smallest absolute Gasteiger partial charge is 0.266 e. The average Bonchev–Trinajstić information content (AvgIpc) is 3.39. The lowest BCUT2D eigenvalue weighted by atomic mass is 10.1. The normalized spacial score (nSPS) is 14.7. The van der Waals surface area contributed by atoms with Crippen LogP contribution in [0.3, 0.4) is 0 Å². The molecule has 1 aliphatic heterocycles. The van der Waals surface area contributed by atoms with Crippen LogP contribution in [0.4, 0.5) is 5.13 Å². The van der Waals surface area contributed by atoms with E-state index in [1.165, 1.54) is 23.1 Å². The van der Waals surface area contributed by atoms with E-state index in [-0.39, 0.29) is 11.8 Å². The Morgan fingerprint density at radius 3 is 2.66 bits per heavy atom. The number of amides is 2. The SMILES string of the molecule is O=C(CCCCCN1C(=O)C(=Cc2ccccc2)SC1=S)Nc1ncc(Cc2ccccc2Cl)s1. The number of aromatic nitrogens is 1. The highest BCUT2D eigenvalue weighted by Crippen LogP contribution is 2.32. The van der Waals surface area contributed by atoms with Gasteiger partial charge in [0.05, 0.1) is 4.91 Å². The van der Waals surface area contributed by atoms with Crippen molar-refractivity contribution in [3.63, 3.8) is 0 Å². The van der Waals surface area contributed by atoms with Gasteiger partial charge in [-0.3, -0.25) is 14.5 Å². The summed E-state index contributed by atoms with van der Waals surface area (Å²) in [6.07, 6.45) is 7.10. The van der Waals surface area contributed by atoms with Crippen LogP contribution in [0.1, 0.15) is 41.7 Å². The Morgan fingerprint density at radius 2 is 1.86 bits per heavy atom. The fourth-order valence-electron chi connectivity index (χ4n) is 3.58. The molecule has 3 aromatic rings. The van der Waals surface area contributed by atoms with Gasteiger partial charge in [0.1, 0.15) is 4.32 Å². The molecule has 2 heterocycles. The molecule has 180 valence electrons. The number of nitrogens with zero attached hydrogens (tertiary/aromatic N) is 2. The van der Waals surface area contributed by atoms with E-state index < -0.39 is 0 Å². The molecule has 1 aromatic heterocycles. The Morgan fingerprint density at radius 1 is 1.09 bits per heavy atom. The van der Waals surface area contributed by atoms with Crippen molar-refractivity contribution < 1.29 is 9.59 Å². The minimum Gasteiger partial charge on any atom is -0.302 e. The van der Waals surface area contributed by atoms with Crippen LogP contribution < -0.4 is 5.32 Å². The van der Waals surface area contributed by atoms with Gasteiger partial charge in [-0.1, -0.05) is 90.5 Å². The Bertz CT molecular complexity index is 1240.